The highest BCUT2D eigenvalue weighted by atomic mass is 35.5. The number of halogens is 1. The average Bonchev–Trinajstić information content (AvgIpc) is 2.32. The molecular formula is C14H20BClO2. The van der Waals surface area contributed by atoms with Crippen molar-refractivity contribution in [1.29, 1.82) is 0 Å². The summed E-state index contributed by atoms with van der Waals surface area (Å²) >= 11 is 6.06. The Morgan fingerprint density at radius 3 is 1.72 bits per heavy atom. The Labute approximate surface area is 115 Å². The van der Waals surface area contributed by atoms with Crippen molar-refractivity contribution in [3.05, 3.63) is 28.3 Å². The number of hydrogen-bond donors (Lipinski definition) is 0. The summed E-state index contributed by atoms with van der Waals surface area (Å²) in [5.41, 5.74) is 2.70. The van der Waals surface area contributed by atoms with Gasteiger partial charge in [0.05, 0.1) is 11.2 Å². The van der Waals surface area contributed by atoms with E-state index in [1.165, 1.54) is 0 Å². The Balaban J connectivity index is 2.42. The van der Waals surface area contributed by atoms with Crippen molar-refractivity contribution in [3.8, 4) is 0 Å². The van der Waals surface area contributed by atoms with Crippen molar-refractivity contribution in [2.24, 2.45) is 0 Å². The minimum Gasteiger partial charge on any atom is -0.399 e. The van der Waals surface area contributed by atoms with Crippen molar-refractivity contribution < 1.29 is 9.31 Å². The molecule has 0 aromatic heterocycles. The standard InChI is InChI=1S/C14H20BClO2/c1-9-7-11(16)8-10(2)12(9)15-17-13(3,4)14(5,6)18-15/h7-8H,1-6H3. The lowest BCUT2D eigenvalue weighted by molar-refractivity contribution is 0.00578. The topological polar surface area (TPSA) is 18.5 Å². The van der Waals surface area contributed by atoms with Gasteiger partial charge in [-0.25, -0.2) is 0 Å². The zero-order valence-corrected chi connectivity index (χ0v) is 12.7. The normalized spacial score (nSPS) is 21.4. The molecule has 0 spiro atoms. The second-order valence-corrected chi connectivity index (χ2v) is 6.48. The summed E-state index contributed by atoms with van der Waals surface area (Å²) in [5.74, 6) is 0. The molecule has 0 radical (unpaired) electrons. The second-order valence-electron chi connectivity index (χ2n) is 6.04. The van der Waals surface area contributed by atoms with Crippen LogP contribution in [0.15, 0.2) is 12.1 Å². The molecule has 0 aliphatic carbocycles. The van der Waals surface area contributed by atoms with Crippen LogP contribution in [-0.2, 0) is 9.31 Å². The van der Waals surface area contributed by atoms with Gasteiger partial charge in [0, 0.05) is 5.02 Å². The van der Waals surface area contributed by atoms with Crippen molar-refractivity contribution in [3.63, 3.8) is 0 Å². The number of rotatable bonds is 1. The van der Waals surface area contributed by atoms with Crippen LogP contribution in [0.3, 0.4) is 0 Å². The Kier molecular flexibility index (Phi) is 3.29. The Bertz CT molecular complexity index is 444. The highest BCUT2D eigenvalue weighted by molar-refractivity contribution is 6.63. The summed E-state index contributed by atoms with van der Waals surface area (Å²) in [7, 11) is -0.313. The average molecular weight is 267 g/mol. The van der Waals surface area contributed by atoms with Crippen LogP contribution in [-0.4, -0.2) is 18.3 Å². The molecule has 98 valence electrons. The minimum atomic E-state index is -0.313. The summed E-state index contributed by atoms with van der Waals surface area (Å²) in [5, 5.41) is 0.755. The van der Waals surface area contributed by atoms with Gasteiger partial charge in [0.2, 0.25) is 0 Å². The SMILES string of the molecule is Cc1cc(Cl)cc(C)c1B1OC(C)(C)C(C)(C)O1. The van der Waals surface area contributed by atoms with Gasteiger partial charge in [-0.1, -0.05) is 11.6 Å². The van der Waals surface area contributed by atoms with E-state index in [0.29, 0.717) is 0 Å². The zero-order chi connectivity index (χ0) is 13.7. The Morgan fingerprint density at radius 2 is 1.33 bits per heavy atom. The Morgan fingerprint density at radius 1 is 0.944 bits per heavy atom. The van der Waals surface area contributed by atoms with Gasteiger partial charge in [-0.15, -0.1) is 0 Å². The van der Waals surface area contributed by atoms with Gasteiger partial charge in [-0.05, 0) is 70.3 Å². The monoisotopic (exact) mass is 266 g/mol. The van der Waals surface area contributed by atoms with E-state index >= 15 is 0 Å². The van der Waals surface area contributed by atoms with Gasteiger partial charge in [0.15, 0.2) is 0 Å². The highest BCUT2D eigenvalue weighted by Crippen LogP contribution is 2.37. The molecule has 0 N–H and O–H groups in total. The summed E-state index contributed by atoms with van der Waals surface area (Å²) in [6.45, 7) is 12.3. The van der Waals surface area contributed by atoms with Crippen LogP contribution in [0.25, 0.3) is 0 Å². The van der Waals surface area contributed by atoms with Crippen LogP contribution in [0.2, 0.25) is 5.02 Å². The molecule has 0 amide bonds. The molecule has 0 atom stereocenters. The molecule has 2 rings (SSSR count). The molecule has 1 fully saturated rings. The van der Waals surface area contributed by atoms with Crippen molar-refractivity contribution in [2.45, 2.75) is 52.7 Å². The third kappa shape index (κ3) is 2.20. The molecule has 1 aliphatic heterocycles. The van der Waals surface area contributed by atoms with Gasteiger partial charge in [0.25, 0.3) is 0 Å². The number of benzene rings is 1. The summed E-state index contributed by atoms with van der Waals surface area (Å²) in [6, 6.07) is 3.91. The molecule has 18 heavy (non-hydrogen) atoms. The zero-order valence-electron chi connectivity index (χ0n) is 11.9. The van der Waals surface area contributed by atoms with Crippen molar-refractivity contribution in [1.82, 2.24) is 0 Å². The van der Waals surface area contributed by atoms with E-state index in [1.807, 2.05) is 26.0 Å². The van der Waals surface area contributed by atoms with E-state index < -0.39 is 0 Å². The van der Waals surface area contributed by atoms with Gasteiger partial charge in [-0.2, -0.15) is 0 Å². The van der Waals surface area contributed by atoms with Crippen LogP contribution >= 0.6 is 11.6 Å². The minimum absolute atomic E-state index is 0.309. The highest BCUT2D eigenvalue weighted by Gasteiger charge is 2.52. The van der Waals surface area contributed by atoms with E-state index in [0.717, 1.165) is 21.6 Å². The van der Waals surface area contributed by atoms with Crippen LogP contribution < -0.4 is 5.46 Å². The van der Waals surface area contributed by atoms with Gasteiger partial charge in [0.1, 0.15) is 0 Å². The molecule has 1 aromatic carbocycles. The second kappa shape index (κ2) is 4.26. The first-order valence-electron chi connectivity index (χ1n) is 6.26. The molecular weight excluding hydrogens is 246 g/mol. The smallest absolute Gasteiger partial charge is 0.399 e. The fraction of sp³-hybridized carbons (Fsp3) is 0.571. The first-order valence-corrected chi connectivity index (χ1v) is 6.64. The first kappa shape index (κ1) is 13.9. The molecule has 0 bridgehead atoms. The number of hydrogen-bond acceptors (Lipinski definition) is 2. The third-order valence-corrected chi connectivity index (χ3v) is 4.27. The van der Waals surface area contributed by atoms with Crippen molar-refractivity contribution in [2.75, 3.05) is 0 Å². The fourth-order valence-corrected chi connectivity index (χ4v) is 2.58. The summed E-state index contributed by atoms with van der Waals surface area (Å²) in [6.07, 6.45) is 0. The largest absolute Gasteiger partial charge is 0.495 e. The first-order chi connectivity index (χ1) is 8.14. The quantitative estimate of drug-likeness (QED) is 0.727. The number of aryl methyl sites for hydroxylation is 2. The molecule has 0 saturated carbocycles. The predicted octanol–water partition coefficient (Wildman–Crippen LogP) is 3.26. The van der Waals surface area contributed by atoms with E-state index in [1.54, 1.807) is 0 Å². The third-order valence-electron chi connectivity index (χ3n) is 4.05. The van der Waals surface area contributed by atoms with E-state index in [9.17, 15) is 0 Å². The summed E-state index contributed by atoms with van der Waals surface area (Å²) in [4.78, 5) is 0. The van der Waals surface area contributed by atoms with Gasteiger partial charge >= 0.3 is 7.12 Å². The van der Waals surface area contributed by atoms with Crippen LogP contribution in [0.5, 0.6) is 0 Å². The van der Waals surface area contributed by atoms with E-state index in [-0.39, 0.29) is 18.3 Å². The molecule has 1 heterocycles. The maximum atomic E-state index is 6.09. The lowest BCUT2D eigenvalue weighted by atomic mass is 9.73. The molecule has 1 saturated heterocycles. The van der Waals surface area contributed by atoms with E-state index in [2.05, 4.69) is 27.7 Å². The Hall–Kier alpha value is -0.505. The van der Waals surface area contributed by atoms with Gasteiger partial charge in [-0.3, -0.25) is 0 Å². The molecule has 1 aromatic rings. The lowest BCUT2D eigenvalue weighted by Gasteiger charge is -2.32. The van der Waals surface area contributed by atoms with E-state index in [4.69, 9.17) is 20.9 Å². The van der Waals surface area contributed by atoms with Crippen molar-refractivity contribution >= 4 is 24.2 Å². The maximum Gasteiger partial charge on any atom is 0.495 e. The van der Waals surface area contributed by atoms with Crippen LogP contribution in [0.4, 0.5) is 0 Å². The summed E-state index contributed by atoms with van der Waals surface area (Å²) < 4.78 is 12.2. The molecule has 1 aliphatic rings. The van der Waals surface area contributed by atoms with Crippen LogP contribution in [0.1, 0.15) is 38.8 Å². The van der Waals surface area contributed by atoms with Crippen LogP contribution in [0, 0.1) is 13.8 Å². The fourth-order valence-electron chi connectivity index (χ4n) is 2.25. The maximum absolute atomic E-state index is 6.09. The molecule has 4 heteroatoms. The molecule has 2 nitrogen and oxygen atoms in total. The van der Waals surface area contributed by atoms with Gasteiger partial charge < -0.3 is 9.31 Å². The lowest BCUT2D eigenvalue weighted by Crippen LogP contribution is -2.41. The predicted molar refractivity (Wildman–Crippen MR) is 76.6 cm³/mol. The molecule has 0 unspecified atom stereocenters.